The quantitative estimate of drug-likeness (QED) is 0.913. The summed E-state index contributed by atoms with van der Waals surface area (Å²) in [5, 5.41) is 3.42. The average Bonchev–Trinajstić information content (AvgIpc) is 2.82. The zero-order valence-corrected chi connectivity index (χ0v) is 11.7. The number of nitrogens with one attached hydrogen (secondary N) is 1. The highest BCUT2D eigenvalue weighted by molar-refractivity contribution is 5.58. The lowest BCUT2D eigenvalue weighted by Gasteiger charge is -2.20. The van der Waals surface area contributed by atoms with E-state index in [1.165, 1.54) is 11.1 Å². The Kier molecular flexibility index (Phi) is 3.59. The Morgan fingerprint density at radius 1 is 1.20 bits per heavy atom. The second kappa shape index (κ2) is 5.53. The summed E-state index contributed by atoms with van der Waals surface area (Å²) in [5.74, 6) is -0.151. The van der Waals surface area contributed by atoms with Crippen molar-refractivity contribution in [3.8, 4) is 0 Å². The van der Waals surface area contributed by atoms with Crippen LogP contribution in [0, 0.1) is 12.7 Å². The number of benzene rings is 2. The van der Waals surface area contributed by atoms with Crippen molar-refractivity contribution in [3.05, 3.63) is 59.4 Å². The summed E-state index contributed by atoms with van der Waals surface area (Å²) in [4.78, 5) is 2.25. The predicted molar refractivity (Wildman–Crippen MR) is 82.0 cm³/mol. The maximum atomic E-state index is 13.3. The summed E-state index contributed by atoms with van der Waals surface area (Å²) in [6, 6.07) is 13.5. The molecule has 2 aromatic rings. The van der Waals surface area contributed by atoms with Crippen LogP contribution in [0.15, 0.2) is 42.5 Å². The number of halogens is 1. The molecule has 2 nitrogen and oxygen atoms in total. The molecule has 1 aliphatic heterocycles. The Hall–Kier alpha value is -2.03. The number of fused-ring (bicyclic) bond motifs is 1. The van der Waals surface area contributed by atoms with E-state index < -0.39 is 0 Å². The molecule has 1 N–H and O–H groups in total. The molecule has 2 aromatic carbocycles. The number of rotatable bonds is 4. The first-order valence-electron chi connectivity index (χ1n) is 7.06. The van der Waals surface area contributed by atoms with Gasteiger partial charge in [-0.25, -0.2) is 4.39 Å². The molecular formula is C17H19FN2. The van der Waals surface area contributed by atoms with Crippen LogP contribution >= 0.6 is 0 Å². The molecule has 0 saturated heterocycles. The van der Waals surface area contributed by atoms with Crippen molar-refractivity contribution in [2.24, 2.45) is 0 Å². The highest BCUT2D eigenvalue weighted by atomic mass is 19.1. The lowest BCUT2D eigenvalue weighted by Crippen LogP contribution is -2.27. The third kappa shape index (κ3) is 2.77. The fraction of sp³-hybridized carbons (Fsp3) is 0.294. The molecule has 0 saturated carbocycles. The van der Waals surface area contributed by atoms with E-state index in [0.717, 1.165) is 37.4 Å². The number of hydrogen-bond acceptors (Lipinski definition) is 2. The Labute approximate surface area is 119 Å². The highest BCUT2D eigenvalue weighted by Crippen LogP contribution is 2.28. The lowest BCUT2D eigenvalue weighted by molar-refractivity contribution is 0.627. The van der Waals surface area contributed by atoms with E-state index >= 15 is 0 Å². The fourth-order valence-electron chi connectivity index (χ4n) is 2.74. The van der Waals surface area contributed by atoms with Crippen molar-refractivity contribution >= 4 is 11.4 Å². The van der Waals surface area contributed by atoms with Gasteiger partial charge < -0.3 is 10.2 Å². The Balaban J connectivity index is 1.59. The number of hydrogen-bond donors (Lipinski definition) is 1. The van der Waals surface area contributed by atoms with Gasteiger partial charge in [-0.15, -0.1) is 0 Å². The molecule has 0 aromatic heterocycles. The van der Waals surface area contributed by atoms with Gasteiger partial charge in [-0.2, -0.15) is 0 Å². The molecule has 0 spiro atoms. The summed E-state index contributed by atoms with van der Waals surface area (Å²) in [6.45, 7) is 4.82. The van der Waals surface area contributed by atoms with Crippen LogP contribution in [0.25, 0.3) is 0 Å². The van der Waals surface area contributed by atoms with Crippen molar-refractivity contribution in [2.45, 2.75) is 13.3 Å². The van der Waals surface area contributed by atoms with E-state index in [1.54, 1.807) is 12.1 Å². The minimum atomic E-state index is -0.151. The Bertz CT molecular complexity index is 610. The van der Waals surface area contributed by atoms with Crippen LogP contribution in [0.4, 0.5) is 15.8 Å². The summed E-state index contributed by atoms with van der Waals surface area (Å²) < 4.78 is 13.3. The number of aryl methyl sites for hydroxylation is 1. The second-order valence-corrected chi connectivity index (χ2v) is 5.31. The molecule has 0 atom stereocenters. The van der Waals surface area contributed by atoms with Crippen LogP contribution < -0.4 is 10.2 Å². The van der Waals surface area contributed by atoms with E-state index in [-0.39, 0.29) is 5.82 Å². The standard InChI is InChI=1S/C17H19FN2/c1-13-3-2-4-16(11-13)19-8-10-20-9-7-14-5-6-15(18)12-17(14)20/h2-6,11-12,19H,7-10H2,1H3. The van der Waals surface area contributed by atoms with Crippen LogP contribution in [-0.4, -0.2) is 19.6 Å². The highest BCUT2D eigenvalue weighted by Gasteiger charge is 2.18. The first kappa shape index (κ1) is 13.0. The lowest BCUT2D eigenvalue weighted by atomic mass is 10.2. The molecule has 0 bridgehead atoms. The van der Waals surface area contributed by atoms with E-state index in [4.69, 9.17) is 0 Å². The van der Waals surface area contributed by atoms with Gasteiger partial charge in [0.15, 0.2) is 0 Å². The maximum Gasteiger partial charge on any atom is 0.125 e. The normalized spacial score (nSPS) is 13.4. The second-order valence-electron chi connectivity index (χ2n) is 5.31. The molecule has 104 valence electrons. The molecule has 0 unspecified atom stereocenters. The number of nitrogens with zero attached hydrogens (tertiary/aromatic N) is 1. The monoisotopic (exact) mass is 270 g/mol. The van der Waals surface area contributed by atoms with E-state index in [0.29, 0.717) is 0 Å². The average molecular weight is 270 g/mol. The van der Waals surface area contributed by atoms with Crippen LogP contribution in [-0.2, 0) is 6.42 Å². The van der Waals surface area contributed by atoms with Crippen molar-refractivity contribution in [1.82, 2.24) is 0 Å². The Morgan fingerprint density at radius 2 is 2.10 bits per heavy atom. The van der Waals surface area contributed by atoms with Crippen molar-refractivity contribution in [1.29, 1.82) is 0 Å². The first-order valence-corrected chi connectivity index (χ1v) is 7.06. The summed E-state index contributed by atoms with van der Waals surface area (Å²) >= 11 is 0. The minimum Gasteiger partial charge on any atom is -0.383 e. The summed E-state index contributed by atoms with van der Waals surface area (Å²) in [7, 11) is 0. The van der Waals surface area contributed by atoms with Gasteiger partial charge in [-0.05, 0) is 48.7 Å². The van der Waals surface area contributed by atoms with E-state index in [2.05, 4.69) is 41.4 Å². The molecule has 3 rings (SSSR count). The third-order valence-corrected chi connectivity index (χ3v) is 3.77. The van der Waals surface area contributed by atoms with Crippen molar-refractivity contribution in [3.63, 3.8) is 0 Å². The molecular weight excluding hydrogens is 251 g/mol. The van der Waals surface area contributed by atoms with Gasteiger partial charge in [0.2, 0.25) is 0 Å². The van der Waals surface area contributed by atoms with Gasteiger partial charge >= 0.3 is 0 Å². The van der Waals surface area contributed by atoms with Gasteiger partial charge in [-0.3, -0.25) is 0 Å². The molecule has 0 radical (unpaired) electrons. The first-order chi connectivity index (χ1) is 9.72. The van der Waals surface area contributed by atoms with Gasteiger partial charge in [0.1, 0.15) is 5.82 Å². The topological polar surface area (TPSA) is 15.3 Å². The van der Waals surface area contributed by atoms with E-state index in [1.807, 2.05) is 6.07 Å². The van der Waals surface area contributed by atoms with E-state index in [9.17, 15) is 4.39 Å². The van der Waals surface area contributed by atoms with Gasteiger partial charge in [0, 0.05) is 31.0 Å². The largest absolute Gasteiger partial charge is 0.383 e. The molecule has 1 aliphatic rings. The van der Waals surface area contributed by atoms with Crippen LogP contribution in [0.2, 0.25) is 0 Å². The van der Waals surface area contributed by atoms with Crippen LogP contribution in [0.3, 0.4) is 0 Å². The van der Waals surface area contributed by atoms with Gasteiger partial charge in [-0.1, -0.05) is 18.2 Å². The van der Waals surface area contributed by atoms with Crippen molar-refractivity contribution in [2.75, 3.05) is 29.9 Å². The molecule has 0 aliphatic carbocycles. The zero-order chi connectivity index (χ0) is 13.9. The summed E-state index contributed by atoms with van der Waals surface area (Å²) in [5.41, 5.74) is 4.70. The van der Waals surface area contributed by atoms with Crippen molar-refractivity contribution < 1.29 is 4.39 Å². The minimum absolute atomic E-state index is 0.151. The Morgan fingerprint density at radius 3 is 2.95 bits per heavy atom. The number of anilines is 2. The fourth-order valence-corrected chi connectivity index (χ4v) is 2.74. The molecule has 20 heavy (non-hydrogen) atoms. The summed E-state index contributed by atoms with van der Waals surface area (Å²) in [6.07, 6.45) is 1.01. The molecule has 3 heteroatoms. The van der Waals surface area contributed by atoms with Crippen LogP contribution in [0.1, 0.15) is 11.1 Å². The molecule has 1 heterocycles. The molecule has 0 amide bonds. The zero-order valence-electron chi connectivity index (χ0n) is 11.7. The SMILES string of the molecule is Cc1cccc(NCCN2CCc3ccc(F)cc32)c1. The molecule has 0 fully saturated rings. The third-order valence-electron chi connectivity index (χ3n) is 3.77. The smallest absolute Gasteiger partial charge is 0.125 e. The van der Waals surface area contributed by atoms with Gasteiger partial charge in [0.25, 0.3) is 0 Å². The maximum absolute atomic E-state index is 13.3. The predicted octanol–water partition coefficient (Wildman–Crippen LogP) is 3.61. The van der Waals surface area contributed by atoms with Gasteiger partial charge in [0.05, 0.1) is 0 Å². The van der Waals surface area contributed by atoms with Crippen LogP contribution in [0.5, 0.6) is 0 Å².